The number of rotatable bonds is 3. The van der Waals surface area contributed by atoms with Crippen molar-refractivity contribution in [2.24, 2.45) is 0 Å². The lowest BCUT2D eigenvalue weighted by Crippen LogP contribution is -2.12. The Hall–Kier alpha value is -1.24. The molecule has 0 atom stereocenters. The highest BCUT2D eigenvalue weighted by Gasteiger charge is 2.17. The van der Waals surface area contributed by atoms with Crippen molar-refractivity contribution < 1.29 is 4.74 Å². The monoisotopic (exact) mass is 218 g/mol. The molecule has 0 heterocycles. The zero-order chi connectivity index (χ0) is 12.3. The average molecular weight is 218 g/mol. The quantitative estimate of drug-likeness (QED) is 0.733. The van der Waals surface area contributed by atoms with Crippen molar-refractivity contribution in [2.75, 3.05) is 6.61 Å². The van der Waals surface area contributed by atoms with Crippen LogP contribution in [0.25, 0.3) is 6.08 Å². The van der Waals surface area contributed by atoms with Gasteiger partial charge in [0, 0.05) is 5.56 Å². The summed E-state index contributed by atoms with van der Waals surface area (Å²) in [5.41, 5.74) is 3.76. The lowest BCUT2D eigenvalue weighted by molar-refractivity contribution is 0.337. The highest BCUT2D eigenvalue weighted by molar-refractivity contribution is 5.60. The van der Waals surface area contributed by atoms with Crippen LogP contribution in [0.4, 0.5) is 0 Å². The molecule has 0 unspecified atom stereocenters. The molecule has 88 valence electrons. The van der Waals surface area contributed by atoms with E-state index in [1.54, 1.807) is 0 Å². The standard InChI is InChI=1S/C15H22O/c1-7-12-10-13(15(4,5)6)9-11(3)14(12)16-8-2/h7,9-10H,1,8H2,2-6H3. The summed E-state index contributed by atoms with van der Waals surface area (Å²) >= 11 is 0. The second-order valence-corrected chi connectivity index (χ2v) is 5.10. The van der Waals surface area contributed by atoms with Gasteiger partial charge >= 0.3 is 0 Å². The second kappa shape index (κ2) is 4.73. The van der Waals surface area contributed by atoms with Gasteiger partial charge in [0.25, 0.3) is 0 Å². The molecular weight excluding hydrogens is 196 g/mol. The van der Waals surface area contributed by atoms with E-state index >= 15 is 0 Å². The van der Waals surface area contributed by atoms with E-state index in [0.29, 0.717) is 6.61 Å². The highest BCUT2D eigenvalue weighted by Crippen LogP contribution is 2.32. The summed E-state index contributed by atoms with van der Waals surface area (Å²) in [4.78, 5) is 0. The van der Waals surface area contributed by atoms with Crippen LogP contribution in [-0.4, -0.2) is 6.61 Å². The molecule has 0 aromatic heterocycles. The van der Waals surface area contributed by atoms with Gasteiger partial charge in [-0.25, -0.2) is 0 Å². The first-order valence-corrected chi connectivity index (χ1v) is 5.80. The highest BCUT2D eigenvalue weighted by atomic mass is 16.5. The van der Waals surface area contributed by atoms with Crippen molar-refractivity contribution in [1.29, 1.82) is 0 Å². The van der Waals surface area contributed by atoms with Gasteiger partial charge in [-0.1, -0.05) is 39.5 Å². The fourth-order valence-corrected chi connectivity index (χ4v) is 1.73. The largest absolute Gasteiger partial charge is 0.493 e. The Morgan fingerprint density at radius 3 is 2.38 bits per heavy atom. The maximum Gasteiger partial charge on any atom is 0.129 e. The summed E-state index contributed by atoms with van der Waals surface area (Å²) in [6.07, 6.45) is 1.87. The average Bonchev–Trinajstić information content (AvgIpc) is 2.19. The molecule has 0 saturated heterocycles. The number of hydrogen-bond donors (Lipinski definition) is 0. The maximum atomic E-state index is 5.66. The predicted octanol–water partition coefficient (Wildman–Crippen LogP) is 4.33. The Morgan fingerprint density at radius 2 is 1.94 bits per heavy atom. The summed E-state index contributed by atoms with van der Waals surface area (Å²) in [7, 11) is 0. The van der Waals surface area contributed by atoms with Crippen molar-refractivity contribution in [1.82, 2.24) is 0 Å². The minimum atomic E-state index is 0.160. The van der Waals surface area contributed by atoms with Crippen LogP contribution in [0.5, 0.6) is 5.75 Å². The zero-order valence-electron chi connectivity index (χ0n) is 11.1. The molecule has 1 aromatic rings. The van der Waals surface area contributed by atoms with Crippen LogP contribution in [0.2, 0.25) is 0 Å². The normalized spacial score (nSPS) is 11.3. The first-order valence-electron chi connectivity index (χ1n) is 5.80. The van der Waals surface area contributed by atoms with Crippen molar-refractivity contribution in [3.05, 3.63) is 35.4 Å². The molecule has 0 N–H and O–H groups in total. The van der Waals surface area contributed by atoms with E-state index in [-0.39, 0.29) is 5.41 Å². The maximum absolute atomic E-state index is 5.66. The van der Waals surface area contributed by atoms with Crippen LogP contribution in [0.3, 0.4) is 0 Å². The van der Waals surface area contributed by atoms with Crippen molar-refractivity contribution in [3.63, 3.8) is 0 Å². The van der Waals surface area contributed by atoms with Gasteiger partial charge in [0.15, 0.2) is 0 Å². The van der Waals surface area contributed by atoms with Gasteiger partial charge < -0.3 is 4.74 Å². The molecule has 16 heavy (non-hydrogen) atoms. The van der Waals surface area contributed by atoms with Crippen LogP contribution in [0, 0.1) is 6.92 Å². The van der Waals surface area contributed by atoms with Crippen LogP contribution < -0.4 is 4.74 Å². The molecule has 0 aliphatic rings. The first-order chi connectivity index (χ1) is 7.40. The van der Waals surface area contributed by atoms with Gasteiger partial charge in [-0.15, -0.1) is 0 Å². The molecule has 0 radical (unpaired) electrons. The number of benzene rings is 1. The van der Waals surface area contributed by atoms with E-state index < -0.39 is 0 Å². The van der Waals surface area contributed by atoms with Gasteiger partial charge in [0.1, 0.15) is 5.75 Å². The number of hydrogen-bond acceptors (Lipinski definition) is 1. The molecule has 1 rings (SSSR count). The molecule has 0 aliphatic carbocycles. The van der Waals surface area contributed by atoms with Gasteiger partial charge in [-0.05, 0) is 36.5 Å². The SMILES string of the molecule is C=Cc1cc(C(C)(C)C)cc(C)c1OCC. The summed E-state index contributed by atoms with van der Waals surface area (Å²) < 4.78 is 5.66. The molecule has 0 bridgehead atoms. The minimum absolute atomic E-state index is 0.160. The van der Waals surface area contributed by atoms with Crippen LogP contribution in [-0.2, 0) is 5.41 Å². The summed E-state index contributed by atoms with van der Waals surface area (Å²) in [5, 5.41) is 0. The molecule has 0 aliphatic heterocycles. The van der Waals surface area contributed by atoms with E-state index in [4.69, 9.17) is 4.74 Å². The fourth-order valence-electron chi connectivity index (χ4n) is 1.73. The Kier molecular flexibility index (Phi) is 3.79. The summed E-state index contributed by atoms with van der Waals surface area (Å²) in [6, 6.07) is 4.38. The second-order valence-electron chi connectivity index (χ2n) is 5.10. The van der Waals surface area contributed by atoms with E-state index in [1.807, 2.05) is 13.0 Å². The van der Waals surface area contributed by atoms with E-state index in [1.165, 1.54) is 11.1 Å². The predicted molar refractivity (Wildman–Crippen MR) is 71.1 cm³/mol. The van der Waals surface area contributed by atoms with E-state index in [9.17, 15) is 0 Å². The lowest BCUT2D eigenvalue weighted by Gasteiger charge is -2.22. The van der Waals surface area contributed by atoms with E-state index in [0.717, 1.165) is 11.3 Å². The van der Waals surface area contributed by atoms with Gasteiger partial charge in [-0.2, -0.15) is 0 Å². The van der Waals surface area contributed by atoms with Crippen LogP contribution in [0.15, 0.2) is 18.7 Å². The minimum Gasteiger partial charge on any atom is -0.493 e. The van der Waals surface area contributed by atoms with Crippen LogP contribution >= 0.6 is 0 Å². The molecule has 1 nitrogen and oxygen atoms in total. The number of aryl methyl sites for hydroxylation is 1. The molecule has 1 aromatic carbocycles. The van der Waals surface area contributed by atoms with Gasteiger partial charge in [0.05, 0.1) is 6.61 Å². The molecule has 0 fully saturated rings. The molecule has 0 saturated carbocycles. The Bertz CT molecular complexity index is 383. The Balaban J connectivity index is 3.32. The Labute approximate surface area is 99.1 Å². The lowest BCUT2D eigenvalue weighted by atomic mass is 9.85. The zero-order valence-corrected chi connectivity index (χ0v) is 11.1. The van der Waals surface area contributed by atoms with E-state index in [2.05, 4.69) is 46.4 Å². The van der Waals surface area contributed by atoms with Crippen molar-refractivity contribution >= 4 is 6.08 Å². The third-order valence-corrected chi connectivity index (χ3v) is 2.68. The van der Waals surface area contributed by atoms with Crippen LogP contribution in [0.1, 0.15) is 44.4 Å². The van der Waals surface area contributed by atoms with Crippen molar-refractivity contribution in [3.8, 4) is 5.75 Å². The number of ether oxygens (including phenoxy) is 1. The molecule has 0 amide bonds. The smallest absolute Gasteiger partial charge is 0.129 e. The van der Waals surface area contributed by atoms with Crippen molar-refractivity contribution in [2.45, 2.75) is 40.0 Å². The molecular formula is C15H22O. The fraction of sp³-hybridized carbons (Fsp3) is 0.467. The third kappa shape index (κ3) is 2.66. The Morgan fingerprint density at radius 1 is 1.31 bits per heavy atom. The molecule has 1 heteroatoms. The topological polar surface area (TPSA) is 9.23 Å². The first kappa shape index (κ1) is 12.8. The van der Waals surface area contributed by atoms with Gasteiger partial charge in [0.2, 0.25) is 0 Å². The third-order valence-electron chi connectivity index (χ3n) is 2.68. The summed E-state index contributed by atoms with van der Waals surface area (Å²) in [6.45, 7) is 15.3. The summed E-state index contributed by atoms with van der Waals surface area (Å²) in [5.74, 6) is 0.963. The molecule has 0 spiro atoms. The van der Waals surface area contributed by atoms with Gasteiger partial charge in [-0.3, -0.25) is 0 Å².